The second-order valence-electron chi connectivity index (χ2n) is 8.48. The van der Waals surface area contributed by atoms with Gasteiger partial charge in [0, 0.05) is 31.7 Å². The first kappa shape index (κ1) is 22.8. The van der Waals surface area contributed by atoms with Gasteiger partial charge in [-0.25, -0.2) is 8.78 Å². The number of halogens is 2. The van der Waals surface area contributed by atoms with Gasteiger partial charge in [0.1, 0.15) is 0 Å². The molecule has 2 aliphatic rings. The van der Waals surface area contributed by atoms with E-state index in [4.69, 9.17) is 14.2 Å². The smallest absolute Gasteiger partial charge is 0.253 e. The fourth-order valence-electron chi connectivity index (χ4n) is 4.44. The van der Waals surface area contributed by atoms with E-state index in [0.29, 0.717) is 52.4 Å². The van der Waals surface area contributed by atoms with E-state index < -0.39 is 11.6 Å². The van der Waals surface area contributed by atoms with Gasteiger partial charge in [-0.2, -0.15) is 0 Å². The molecule has 2 aliphatic heterocycles. The van der Waals surface area contributed by atoms with E-state index in [-0.39, 0.29) is 23.2 Å². The molecule has 1 atom stereocenters. The maximum Gasteiger partial charge on any atom is 0.253 e. The van der Waals surface area contributed by atoms with Crippen molar-refractivity contribution >= 4 is 5.91 Å². The van der Waals surface area contributed by atoms with E-state index in [2.05, 4.69) is 0 Å². The number of benzene rings is 2. The molecule has 1 amide bonds. The summed E-state index contributed by atoms with van der Waals surface area (Å²) >= 11 is 0. The standard InChI is InChI=1S/C25H29F2NO4/c26-22-7-6-20(16-23(22)27)24(29)28-11-9-25(10-12-28)17-21(8-13-32-25)31-15-14-30-18-19-4-2-1-3-5-19/h1-7,16,21H,8-15,17-18H2. The van der Waals surface area contributed by atoms with Crippen LogP contribution in [0.4, 0.5) is 8.78 Å². The van der Waals surface area contributed by atoms with E-state index in [1.54, 1.807) is 4.90 Å². The summed E-state index contributed by atoms with van der Waals surface area (Å²) in [7, 11) is 0. The molecule has 172 valence electrons. The molecule has 7 heteroatoms. The Bertz CT molecular complexity index is 900. The SMILES string of the molecule is O=C(c1ccc(F)c(F)c1)N1CCC2(CC1)CC(OCCOCc1ccccc1)CCO2. The molecule has 2 aromatic carbocycles. The molecular formula is C25H29F2NO4. The largest absolute Gasteiger partial charge is 0.376 e. The minimum absolute atomic E-state index is 0.109. The lowest BCUT2D eigenvalue weighted by Gasteiger charge is -2.46. The van der Waals surface area contributed by atoms with Crippen molar-refractivity contribution in [2.24, 2.45) is 0 Å². The lowest BCUT2D eigenvalue weighted by molar-refractivity contribution is -0.155. The van der Waals surface area contributed by atoms with Gasteiger partial charge in [-0.3, -0.25) is 4.79 Å². The van der Waals surface area contributed by atoms with Gasteiger partial charge in [0.25, 0.3) is 5.91 Å². The molecule has 32 heavy (non-hydrogen) atoms. The summed E-state index contributed by atoms with van der Waals surface area (Å²) in [4.78, 5) is 14.3. The first-order valence-corrected chi connectivity index (χ1v) is 11.2. The van der Waals surface area contributed by atoms with E-state index in [0.717, 1.165) is 30.5 Å². The van der Waals surface area contributed by atoms with E-state index >= 15 is 0 Å². The fourth-order valence-corrected chi connectivity index (χ4v) is 4.44. The summed E-state index contributed by atoms with van der Waals surface area (Å²) in [6.45, 7) is 3.32. The summed E-state index contributed by atoms with van der Waals surface area (Å²) in [5.41, 5.74) is 1.02. The van der Waals surface area contributed by atoms with Crippen LogP contribution in [-0.4, -0.2) is 55.4 Å². The average Bonchev–Trinajstić information content (AvgIpc) is 2.81. The maximum atomic E-state index is 13.5. The van der Waals surface area contributed by atoms with Gasteiger partial charge in [0.05, 0.1) is 31.5 Å². The highest BCUT2D eigenvalue weighted by atomic mass is 19.2. The van der Waals surface area contributed by atoms with Crippen molar-refractivity contribution < 1.29 is 27.8 Å². The topological polar surface area (TPSA) is 48.0 Å². The van der Waals surface area contributed by atoms with Crippen molar-refractivity contribution in [2.45, 2.75) is 44.0 Å². The Morgan fingerprint density at radius 1 is 1.06 bits per heavy atom. The minimum Gasteiger partial charge on any atom is -0.376 e. The molecule has 1 unspecified atom stereocenters. The van der Waals surface area contributed by atoms with Crippen LogP contribution in [0.25, 0.3) is 0 Å². The number of piperidine rings is 1. The Labute approximate surface area is 187 Å². The van der Waals surface area contributed by atoms with Gasteiger partial charge in [-0.05, 0) is 43.0 Å². The van der Waals surface area contributed by atoms with Crippen LogP contribution in [0.3, 0.4) is 0 Å². The monoisotopic (exact) mass is 445 g/mol. The summed E-state index contributed by atoms with van der Waals surface area (Å²) in [5.74, 6) is -2.24. The third-order valence-electron chi connectivity index (χ3n) is 6.27. The number of carbonyl (C=O) groups is 1. The van der Waals surface area contributed by atoms with Crippen LogP contribution < -0.4 is 0 Å². The predicted octanol–water partition coefficient (Wildman–Crippen LogP) is 4.35. The number of carbonyl (C=O) groups excluding carboxylic acids is 1. The molecule has 2 aromatic rings. The average molecular weight is 446 g/mol. The molecule has 2 saturated heterocycles. The molecule has 2 fully saturated rings. The Hall–Kier alpha value is -2.35. The molecule has 2 heterocycles. The normalized spacial score (nSPS) is 20.4. The van der Waals surface area contributed by atoms with Crippen LogP contribution in [0.5, 0.6) is 0 Å². The molecule has 1 spiro atoms. The number of rotatable bonds is 7. The number of likely N-dealkylation sites (tertiary alicyclic amines) is 1. The first-order chi connectivity index (χ1) is 15.5. The van der Waals surface area contributed by atoms with Crippen molar-refractivity contribution in [1.29, 1.82) is 0 Å². The molecular weight excluding hydrogens is 416 g/mol. The molecule has 0 saturated carbocycles. The third kappa shape index (κ3) is 5.71. The zero-order chi connectivity index (χ0) is 22.4. The lowest BCUT2D eigenvalue weighted by atomic mass is 9.83. The lowest BCUT2D eigenvalue weighted by Crippen LogP contribution is -2.52. The second kappa shape index (κ2) is 10.5. The summed E-state index contributed by atoms with van der Waals surface area (Å²) < 4.78 is 44.5. The summed E-state index contributed by atoms with van der Waals surface area (Å²) in [6, 6.07) is 13.3. The van der Waals surface area contributed by atoms with E-state index in [1.807, 2.05) is 30.3 Å². The van der Waals surface area contributed by atoms with Crippen LogP contribution in [0.1, 0.15) is 41.6 Å². The van der Waals surface area contributed by atoms with Crippen LogP contribution in [-0.2, 0) is 20.8 Å². The van der Waals surface area contributed by atoms with Crippen molar-refractivity contribution in [2.75, 3.05) is 32.9 Å². The van der Waals surface area contributed by atoms with Gasteiger partial charge >= 0.3 is 0 Å². The highest BCUT2D eigenvalue weighted by Gasteiger charge is 2.41. The third-order valence-corrected chi connectivity index (χ3v) is 6.27. The number of ether oxygens (including phenoxy) is 3. The zero-order valence-electron chi connectivity index (χ0n) is 18.1. The highest BCUT2D eigenvalue weighted by Crippen LogP contribution is 2.36. The molecule has 0 radical (unpaired) electrons. The Balaban J connectivity index is 1.21. The van der Waals surface area contributed by atoms with Crippen LogP contribution in [0.15, 0.2) is 48.5 Å². The van der Waals surface area contributed by atoms with Crippen molar-refractivity contribution in [1.82, 2.24) is 4.90 Å². The first-order valence-electron chi connectivity index (χ1n) is 11.2. The van der Waals surface area contributed by atoms with E-state index in [1.165, 1.54) is 6.07 Å². The predicted molar refractivity (Wildman–Crippen MR) is 115 cm³/mol. The van der Waals surface area contributed by atoms with Crippen LogP contribution in [0, 0.1) is 11.6 Å². The van der Waals surface area contributed by atoms with Gasteiger partial charge in [0.2, 0.25) is 0 Å². The van der Waals surface area contributed by atoms with Crippen molar-refractivity contribution in [3.8, 4) is 0 Å². The Morgan fingerprint density at radius 3 is 2.59 bits per heavy atom. The van der Waals surface area contributed by atoms with E-state index in [9.17, 15) is 13.6 Å². The zero-order valence-corrected chi connectivity index (χ0v) is 18.1. The van der Waals surface area contributed by atoms with Gasteiger partial charge < -0.3 is 19.1 Å². The molecule has 0 aromatic heterocycles. The highest BCUT2D eigenvalue weighted by molar-refractivity contribution is 5.94. The Kier molecular flexibility index (Phi) is 7.50. The van der Waals surface area contributed by atoms with Gasteiger partial charge in [-0.15, -0.1) is 0 Å². The molecule has 5 nitrogen and oxygen atoms in total. The quantitative estimate of drug-likeness (QED) is 0.595. The summed E-state index contributed by atoms with van der Waals surface area (Å²) in [5, 5.41) is 0. The van der Waals surface area contributed by atoms with Crippen LogP contribution >= 0.6 is 0 Å². The fraction of sp³-hybridized carbons (Fsp3) is 0.480. The van der Waals surface area contributed by atoms with Crippen LogP contribution in [0.2, 0.25) is 0 Å². The number of hydrogen-bond acceptors (Lipinski definition) is 4. The number of amides is 1. The summed E-state index contributed by atoms with van der Waals surface area (Å²) in [6.07, 6.45) is 3.15. The van der Waals surface area contributed by atoms with Gasteiger partial charge in [0.15, 0.2) is 11.6 Å². The Morgan fingerprint density at radius 2 is 1.84 bits per heavy atom. The molecule has 0 bridgehead atoms. The van der Waals surface area contributed by atoms with Crippen molar-refractivity contribution in [3.63, 3.8) is 0 Å². The van der Waals surface area contributed by atoms with Crippen molar-refractivity contribution in [3.05, 3.63) is 71.3 Å². The van der Waals surface area contributed by atoms with Gasteiger partial charge in [-0.1, -0.05) is 30.3 Å². The minimum atomic E-state index is -1.01. The second-order valence-corrected chi connectivity index (χ2v) is 8.48. The molecule has 0 aliphatic carbocycles. The number of nitrogens with zero attached hydrogens (tertiary/aromatic N) is 1. The maximum absolute atomic E-state index is 13.5. The molecule has 0 N–H and O–H groups in total. The molecule has 4 rings (SSSR count). The number of hydrogen-bond donors (Lipinski definition) is 0.